The minimum absolute atomic E-state index is 0.0645. The molecular formula is C21H29N5O. The fourth-order valence-corrected chi connectivity index (χ4v) is 4.15. The number of amides is 1. The normalized spacial score (nSPS) is 18.1. The van der Waals surface area contributed by atoms with Crippen molar-refractivity contribution in [2.24, 2.45) is 0 Å². The number of carbonyl (C=O) groups excluding carboxylic acids is 1. The van der Waals surface area contributed by atoms with Crippen molar-refractivity contribution in [3.63, 3.8) is 0 Å². The highest BCUT2D eigenvalue weighted by atomic mass is 16.1. The summed E-state index contributed by atoms with van der Waals surface area (Å²) in [4.78, 5) is 17.7. The number of hydrogen-bond acceptors (Lipinski definition) is 4. The van der Waals surface area contributed by atoms with Gasteiger partial charge >= 0.3 is 0 Å². The highest BCUT2D eigenvalue weighted by Gasteiger charge is 2.25. The Hall–Kier alpha value is -2.50. The van der Waals surface area contributed by atoms with Gasteiger partial charge in [-0.2, -0.15) is 5.10 Å². The van der Waals surface area contributed by atoms with Gasteiger partial charge in [-0.25, -0.2) is 0 Å². The molecule has 0 bridgehead atoms. The number of rotatable bonds is 4. The fraction of sp³-hybridized carbons (Fsp3) is 0.524. The van der Waals surface area contributed by atoms with Gasteiger partial charge < -0.3 is 15.1 Å². The number of piperidine rings is 1. The van der Waals surface area contributed by atoms with E-state index in [-0.39, 0.29) is 11.9 Å². The van der Waals surface area contributed by atoms with Crippen molar-refractivity contribution in [3.8, 4) is 0 Å². The lowest BCUT2D eigenvalue weighted by Gasteiger charge is -2.32. The highest BCUT2D eigenvalue weighted by Crippen LogP contribution is 2.26. The van der Waals surface area contributed by atoms with Gasteiger partial charge in [-0.15, -0.1) is 0 Å². The molecule has 0 radical (unpaired) electrons. The van der Waals surface area contributed by atoms with Crippen LogP contribution >= 0.6 is 0 Å². The monoisotopic (exact) mass is 367 g/mol. The zero-order chi connectivity index (χ0) is 18.8. The van der Waals surface area contributed by atoms with Gasteiger partial charge in [0.25, 0.3) is 5.91 Å². The lowest BCUT2D eigenvalue weighted by atomic mass is 10.0. The summed E-state index contributed by atoms with van der Waals surface area (Å²) in [6.45, 7) is 8.00. The van der Waals surface area contributed by atoms with E-state index >= 15 is 0 Å². The van der Waals surface area contributed by atoms with Crippen molar-refractivity contribution in [3.05, 3.63) is 41.1 Å². The molecule has 2 aliphatic heterocycles. The van der Waals surface area contributed by atoms with Crippen molar-refractivity contribution >= 4 is 17.4 Å². The van der Waals surface area contributed by atoms with Crippen molar-refractivity contribution in [1.29, 1.82) is 0 Å². The number of H-pyrrole nitrogens is 1. The molecule has 6 nitrogen and oxygen atoms in total. The molecular weight excluding hydrogens is 338 g/mol. The van der Waals surface area contributed by atoms with Gasteiger partial charge in [-0.05, 0) is 51.7 Å². The first-order valence-corrected chi connectivity index (χ1v) is 10.0. The van der Waals surface area contributed by atoms with E-state index in [0.717, 1.165) is 67.3 Å². The first-order chi connectivity index (χ1) is 13.1. The van der Waals surface area contributed by atoms with Gasteiger partial charge in [0, 0.05) is 49.7 Å². The molecule has 3 heterocycles. The summed E-state index contributed by atoms with van der Waals surface area (Å²) in [7, 11) is 0. The maximum atomic E-state index is 13.0. The maximum absolute atomic E-state index is 13.0. The second kappa shape index (κ2) is 7.62. The van der Waals surface area contributed by atoms with Crippen LogP contribution in [0.2, 0.25) is 0 Å². The Morgan fingerprint density at radius 2 is 1.81 bits per heavy atom. The number of aromatic nitrogens is 2. The summed E-state index contributed by atoms with van der Waals surface area (Å²) in [6, 6.07) is 8.55. The number of nitrogens with one attached hydrogen (secondary N) is 2. The van der Waals surface area contributed by atoms with Crippen LogP contribution in [0.1, 0.15) is 47.3 Å². The van der Waals surface area contributed by atoms with Crippen LogP contribution in [-0.2, 0) is 0 Å². The number of benzene rings is 1. The average molecular weight is 367 g/mol. The van der Waals surface area contributed by atoms with E-state index in [1.165, 1.54) is 12.8 Å². The molecule has 144 valence electrons. The van der Waals surface area contributed by atoms with E-state index in [1.54, 1.807) is 0 Å². The summed E-state index contributed by atoms with van der Waals surface area (Å²) in [5.41, 5.74) is 4.11. The van der Waals surface area contributed by atoms with Crippen LogP contribution in [0.3, 0.4) is 0 Å². The molecule has 2 N–H and O–H groups in total. The van der Waals surface area contributed by atoms with Crippen LogP contribution in [0.5, 0.6) is 0 Å². The minimum atomic E-state index is 0.0645. The van der Waals surface area contributed by atoms with Crippen LogP contribution in [-0.4, -0.2) is 48.3 Å². The van der Waals surface area contributed by atoms with E-state index in [1.807, 2.05) is 13.0 Å². The van der Waals surface area contributed by atoms with E-state index < -0.39 is 0 Å². The molecule has 2 aromatic rings. The Balaban J connectivity index is 1.40. The first-order valence-electron chi connectivity index (χ1n) is 10.0. The molecule has 4 rings (SSSR count). The maximum Gasteiger partial charge on any atom is 0.253 e. The predicted octanol–water partition coefficient (Wildman–Crippen LogP) is 3.03. The molecule has 2 saturated heterocycles. The molecule has 1 aromatic carbocycles. The number of aromatic amines is 1. The Morgan fingerprint density at radius 1 is 1.07 bits per heavy atom. The molecule has 0 aliphatic carbocycles. The summed E-state index contributed by atoms with van der Waals surface area (Å²) in [6.07, 6.45) is 4.31. The third kappa shape index (κ3) is 3.94. The molecule has 0 atom stereocenters. The van der Waals surface area contributed by atoms with Crippen LogP contribution in [0.25, 0.3) is 0 Å². The molecule has 2 fully saturated rings. The topological polar surface area (TPSA) is 64.3 Å². The van der Waals surface area contributed by atoms with Gasteiger partial charge in [-0.1, -0.05) is 11.6 Å². The highest BCUT2D eigenvalue weighted by molar-refractivity contribution is 6.00. The van der Waals surface area contributed by atoms with Crippen molar-refractivity contribution in [2.45, 2.75) is 45.6 Å². The molecule has 27 heavy (non-hydrogen) atoms. The SMILES string of the molecule is Cc1ccc(N2CCCC2)c(C(=O)NC2CCN(c3cc(C)[nH]n3)CC2)c1. The first kappa shape index (κ1) is 17.9. The third-order valence-electron chi connectivity index (χ3n) is 5.69. The number of carbonyl (C=O) groups is 1. The van der Waals surface area contributed by atoms with Crippen molar-refractivity contribution in [2.75, 3.05) is 36.0 Å². The molecule has 0 saturated carbocycles. The van der Waals surface area contributed by atoms with E-state index in [4.69, 9.17) is 0 Å². The lowest BCUT2D eigenvalue weighted by Crippen LogP contribution is -2.45. The zero-order valence-corrected chi connectivity index (χ0v) is 16.3. The number of anilines is 2. The summed E-state index contributed by atoms with van der Waals surface area (Å²) >= 11 is 0. The third-order valence-corrected chi connectivity index (χ3v) is 5.69. The van der Waals surface area contributed by atoms with Crippen molar-refractivity contribution < 1.29 is 4.79 Å². The van der Waals surface area contributed by atoms with Crippen molar-refractivity contribution in [1.82, 2.24) is 15.5 Å². The zero-order valence-electron chi connectivity index (χ0n) is 16.3. The van der Waals surface area contributed by atoms with Gasteiger partial charge in [0.05, 0.1) is 5.56 Å². The van der Waals surface area contributed by atoms with E-state index in [0.29, 0.717) is 0 Å². The average Bonchev–Trinajstić information content (AvgIpc) is 3.34. The lowest BCUT2D eigenvalue weighted by molar-refractivity contribution is 0.0931. The second-order valence-corrected chi connectivity index (χ2v) is 7.86. The molecule has 1 amide bonds. The van der Waals surface area contributed by atoms with Crippen LogP contribution in [0.4, 0.5) is 11.5 Å². The van der Waals surface area contributed by atoms with Crippen LogP contribution in [0, 0.1) is 13.8 Å². The molecule has 1 aromatic heterocycles. The quantitative estimate of drug-likeness (QED) is 0.872. The second-order valence-electron chi connectivity index (χ2n) is 7.86. The van der Waals surface area contributed by atoms with Crippen LogP contribution in [0.15, 0.2) is 24.3 Å². The van der Waals surface area contributed by atoms with Crippen LogP contribution < -0.4 is 15.1 Å². The Labute approximate surface area is 160 Å². The van der Waals surface area contributed by atoms with Gasteiger partial charge in [0.2, 0.25) is 0 Å². The van der Waals surface area contributed by atoms with E-state index in [9.17, 15) is 4.79 Å². The smallest absolute Gasteiger partial charge is 0.253 e. The van der Waals surface area contributed by atoms with Gasteiger partial charge in [0.15, 0.2) is 5.82 Å². The summed E-state index contributed by atoms with van der Waals surface area (Å²) < 4.78 is 0. The van der Waals surface area contributed by atoms with Gasteiger partial charge in [0.1, 0.15) is 0 Å². The van der Waals surface area contributed by atoms with E-state index in [2.05, 4.69) is 50.4 Å². The molecule has 6 heteroatoms. The Morgan fingerprint density at radius 3 is 2.48 bits per heavy atom. The summed E-state index contributed by atoms with van der Waals surface area (Å²) in [5, 5.41) is 10.6. The Bertz CT molecular complexity index is 801. The standard InChI is InChI=1S/C21H29N5O/c1-15-5-6-19(25-9-3-4-10-25)18(13-15)21(27)22-17-7-11-26(12-8-17)20-14-16(2)23-24-20/h5-6,13-14,17H,3-4,7-12H2,1-2H3,(H,22,27)(H,23,24). The largest absolute Gasteiger partial charge is 0.371 e. The molecule has 0 spiro atoms. The number of aryl methyl sites for hydroxylation is 2. The number of hydrogen-bond donors (Lipinski definition) is 2. The fourth-order valence-electron chi connectivity index (χ4n) is 4.15. The summed E-state index contributed by atoms with van der Waals surface area (Å²) in [5.74, 6) is 1.07. The predicted molar refractivity (Wildman–Crippen MR) is 109 cm³/mol. The number of nitrogens with zero attached hydrogens (tertiary/aromatic N) is 3. The molecule has 0 unspecified atom stereocenters. The molecule has 2 aliphatic rings. The Kier molecular flexibility index (Phi) is 5.05. The minimum Gasteiger partial charge on any atom is -0.371 e. The van der Waals surface area contributed by atoms with Gasteiger partial charge in [-0.3, -0.25) is 9.89 Å².